The molecule has 0 aromatic heterocycles. The molecule has 3 rings (SSSR count). The molecule has 2 aromatic rings. The molecular formula is C23H25NO7. The number of likely N-dealkylation sites (tertiary alicyclic amines) is 1. The third-order valence-electron chi connectivity index (χ3n) is 5.50. The van der Waals surface area contributed by atoms with Crippen LogP contribution in [-0.2, 0) is 30.4 Å². The minimum Gasteiger partial charge on any atom is -0.508 e. The predicted octanol–water partition coefficient (Wildman–Crippen LogP) is 2.85. The van der Waals surface area contributed by atoms with Gasteiger partial charge in [-0.2, -0.15) is 0 Å². The summed E-state index contributed by atoms with van der Waals surface area (Å²) < 4.78 is 15.2. The van der Waals surface area contributed by atoms with Crippen LogP contribution >= 0.6 is 0 Å². The van der Waals surface area contributed by atoms with E-state index in [1.54, 1.807) is 18.2 Å². The molecular weight excluding hydrogens is 402 g/mol. The summed E-state index contributed by atoms with van der Waals surface area (Å²) in [4.78, 5) is 39.0. The molecule has 1 N–H and O–H groups in total. The highest BCUT2D eigenvalue weighted by molar-refractivity contribution is 5.84. The van der Waals surface area contributed by atoms with Crippen molar-refractivity contribution in [2.45, 2.75) is 25.0 Å². The number of aromatic hydroxyl groups is 1. The molecule has 0 spiro atoms. The summed E-state index contributed by atoms with van der Waals surface area (Å²) in [6.45, 7) is 0.111. The first-order valence-corrected chi connectivity index (χ1v) is 9.86. The first kappa shape index (κ1) is 22.1. The number of phenols is 1. The molecule has 1 heterocycles. The smallest absolute Gasteiger partial charge is 0.410 e. The number of hydrogen-bond donors (Lipinski definition) is 1. The lowest BCUT2D eigenvalue weighted by molar-refractivity contribution is -0.148. The number of amides is 1. The number of para-hydroxylation sites is 1. The second kappa shape index (κ2) is 9.97. The zero-order valence-corrected chi connectivity index (χ0v) is 17.4. The zero-order chi connectivity index (χ0) is 22.4. The Morgan fingerprint density at radius 2 is 1.68 bits per heavy atom. The van der Waals surface area contributed by atoms with E-state index in [1.165, 1.54) is 25.2 Å². The quantitative estimate of drug-likeness (QED) is 0.559. The molecule has 1 fully saturated rings. The Labute approximate surface area is 180 Å². The van der Waals surface area contributed by atoms with Crippen LogP contribution in [0.15, 0.2) is 54.6 Å². The molecule has 3 atom stereocenters. The number of rotatable bonds is 6. The van der Waals surface area contributed by atoms with Gasteiger partial charge in [-0.3, -0.25) is 9.69 Å². The van der Waals surface area contributed by atoms with Crippen LogP contribution in [0.3, 0.4) is 0 Å². The lowest BCUT2D eigenvalue weighted by atomic mass is 9.82. The number of carbonyl (C=O) groups excluding carboxylic acids is 3. The summed E-state index contributed by atoms with van der Waals surface area (Å²) in [5, 5.41) is 10.4. The van der Waals surface area contributed by atoms with Crippen LogP contribution in [0.25, 0.3) is 0 Å². The van der Waals surface area contributed by atoms with Crippen molar-refractivity contribution >= 4 is 18.0 Å². The van der Waals surface area contributed by atoms with Crippen LogP contribution in [0.2, 0.25) is 0 Å². The van der Waals surface area contributed by atoms with Crippen molar-refractivity contribution in [2.24, 2.45) is 5.92 Å². The Bertz CT molecular complexity index is 931. The van der Waals surface area contributed by atoms with Crippen molar-refractivity contribution in [1.29, 1.82) is 0 Å². The van der Waals surface area contributed by atoms with Crippen LogP contribution in [0.1, 0.15) is 23.5 Å². The monoisotopic (exact) mass is 427 g/mol. The maximum absolute atomic E-state index is 12.9. The molecule has 0 bridgehead atoms. The molecule has 1 aliphatic rings. The highest BCUT2D eigenvalue weighted by Gasteiger charge is 2.51. The summed E-state index contributed by atoms with van der Waals surface area (Å²) in [5.41, 5.74) is 1.33. The van der Waals surface area contributed by atoms with E-state index in [4.69, 9.17) is 14.2 Å². The van der Waals surface area contributed by atoms with Crippen molar-refractivity contribution in [2.75, 3.05) is 20.8 Å². The molecule has 31 heavy (non-hydrogen) atoms. The molecule has 1 amide bonds. The van der Waals surface area contributed by atoms with Crippen LogP contribution in [-0.4, -0.2) is 54.8 Å². The molecule has 8 nitrogen and oxygen atoms in total. The van der Waals surface area contributed by atoms with Crippen molar-refractivity contribution in [3.63, 3.8) is 0 Å². The van der Waals surface area contributed by atoms with Gasteiger partial charge in [0.05, 0.1) is 20.6 Å². The fourth-order valence-electron chi connectivity index (χ4n) is 3.98. The lowest BCUT2D eigenvalue weighted by Crippen LogP contribution is -2.44. The van der Waals surface area contributed by atoms with Gasteiger partial charge in [-0.15, -0.1) is 0 Å². The fourth-order valence-corrected chi connectivity index (χ4v) is 3.98. The molecule has 2 aromatic carbocycles. The van der Waals surface area contributed by atoms with Gasteiger partial charge < -0.3 is 19.3 Å². The van der Waals surface area contributed by atoms with E-state index in [0.717, 1.165) is 5.56 Å². The van der Waals surface area contributed by atoms with Gasteiger partial charge in [0.1, 0.15) is 18.4 Å². The van der Waals surface area contributed by atoms with Crippen LogP contribution < -0.4 is 0 Å². The van der Waals surface area contributed by atoms with Gasteiger partial charge in [0.2, 0.25) is 0 Å². The van der Waals surface area contributed by atoms with E-state index in [0.29, 0.717) is 5.56 Å². The second-order valence-corrected chi connectivity index (χ2v) is 7.27. The van der Waals surface area contributed by atoms with Gasteiger partial charge in [0, 0.05) is 18.4 Å². The number of esters is 2. The van der Waals surface area contributed by atoms with E-state index < -0.39 is 35.9 Å². The Morgan fingerprint density at radius 1 is 1.00 bits per heavy atom. The average Bonchev–Trinajstić information content (AvgIpc) is 3.16. The molecule has 8 heteroatoms. The Balaban J connectivity index is 1.91. The highest BCUT2D eigenvalue weighted by Crippen LogP contribution is 2.43. The molecule has 1 aliphatic heterocycles. The number of phenolic OH excluding ortho intramolecular Hbond substituents is 1. The van der Waals surface area contributed by atoms with Gasteiger partial charge in [-0.05, 0) is 17.2 Å². The van der Waals surface area contributed by atoms with Crippen molar-refractivity contribution in [3.8, 4) is 5.75 Å². The first-order chi connectivity index (χ1) is 15.0. The van der Waals surface area contributed by atoms with E-state index >= 15 is 0 Å². The Hall–Kier alpha value is -3.55. The second-order valence-electron chi connectivity index (χ2n) is 7.27. The number of hydrogen-bond acceptors (Lipinski definition) is 7. The summed E-state index contributed by atoms with van der Waals surface area (Å²) in [6.07, 6.45) is -0.829. The molecule has 1 saturated heterocycles. The fraction of sp³-hybridized carbons (Fsp3) is 0.348. The maximum atomic E-state index is 12.9. The van der Waals surface area contributed by atoms with Crippen LogP contribution in [0, 0.1) is 5.92 Å². The number of benzene rings is 2. The third kappa shape index (κ3) is 4.96. The number of ether oxygens (including phenoxy) is 3. The normalized spacial score (nSPS) is 20.2. The van der Waals surface area contributed by atoms with Crippen molar-refractivity contribution in [3.05, 3.63) is 65.7 Å². The van der Waals surface area contributed by atoms with E-state index in [2.05, 4.69) is 0 Å². The predicted molar refractivity (Wildman–Crippen MR) is 110 cm³/mol. The minimum absolute atomic E-state index is 0.0190. The summed E-state index contributed by atoms with van der Waals surface area (Å²) in [5.74, 6) is -2.32. The highest BCUT2D eigenvalue weighted by atomic mass is 16.6. The largest absolute Gasteiger partial charge is 0.508 e. The number of nitrogens with zero attached hydrogens (tertiary/aromatic N) is 1. The van der Waals surface area contributed by atoms with Gasteiger partial charge >= 0.3 is 18.0 Å². The number of carbonyl (C=O) groups is 3. The first-order valence-electron chi connectivity index (χ1n) is 9.86. The van der Waals surface area contributed by atoms with Crippen molar-refractivity contribution < 1.29 is 33.7 Å². The van der Waals surface area contributed by atoms with Crippen LogP contribution in [0.5, 0.6) is 5.75 Å². The van der Waals surface area contributed by atoms with E-state index in [9.17, 15) is 19.5 Å². The SMILES string of the molecule is COC(=O)C[C@H]1[C@@H](c2ccccc2O)CN(C(=O)OCc2ccccc2)[C@@H]1C(=O)OC. The average molecular weight is 427 g/mol. The molecule has 0 radical (unpaired) electrons. The van der Waals surface area contributed by atoms with E-state index in [1.807, 2.05) is 30.3 Å². The van der Waals surface area contributed by atoms with Gasteiger partial charge in [-0.25, -0.2) is 9.59 Å². The molecule has 0 aliphatic carbocycles. The minimum atomic E-state index is -1.06. The Kier molecular flexibility index (Phi) is 7.12. The summed E-state index contributed by atoms with van der Waals surface area (Å²) in [6, 6.07) is 14.7. The standard InChI is InChI=1S/C23H25NO7/c1-29-20(26)12-17-18(16-10-6-7-11-19(16)25)13-24(21(17)22(27)30-2)23(28)31-14-15-8-4-3-5-9-15/h3-11,17-18,21,25H,12-14H2,1-2H3/t17-,18+,21-/m0/s1. The van der Waals surface area contributed by atoms with Gasteiger partial charge in [0.25, 0.3) is 0 Å². The summed E-state index contributed by atoms with van der Waals surface area (Å²) in [7, 11) is 2.48. The van der Waals surface area contributed by atoms with Gasteiger partial charge in [0.15, 0.2) is 0 Å². The van der Waals surface area contributed by atoms with Crippen molar-refractivity contribution in [1.82, 2.24) is 4.90 Å². The molecule has 164 valence electrons. The maximum Gasteiger partial charge on any atom is 0.410 e. The topological polar surface area (TPSA) is 102 Å². The summed E-state index contributed by atoms with van der Waals surface area (Å²) >= 11 is 0. The van der Waals surface area contributed by atoms with Crippen LogP contribution in [0.4, 0.5) is 4.79 Å². The molecule has 0 saturated carbocycles. The third-order valence-corrected chi connectivity index (χ3v) is 5.50. The zero-order valence-electron chi connectivity index (χ0n) is 17.4. The molecule has 0 unspecified atom stereocenters. The van der Waals surface area contributed by atoms with E-state index in [-0.39, 0.29) is 25.3 Å². The van der Waals surface area contributed by atoms with Gasteiger partial charge in [-0.1, -0.05) is 48.5 Å². The lowest BCUT2D eigenvalue weighted by Gasteiger charge is -2.25. The number of methoxy groups -OCH3 is 2. The Morgan fingerprint density at radius 3 is 2.32 bits per heavy atom.